The van der Waals surface area contributed by atoms with Gasteiger partial charge in [0.05, 0.1) is 18.9 Å². The Hall–Kier alpha value is -1.87. The number of carbonyl (C=O) groups excluding carboxylic acids is 1. The predicted molar refractivity (Wildman–Crippen MR) is 83.0 cm³/mol. The van der Waals surface area contributed by atoms with Crippen LogP contribution in [-0.4, -0.2) is 24.3 Å². The minimum absolute atomic E-state index is 0.144. The van der Waals surface area contributed by atoms with Crippen LogP contribution in [0.15, 0.2) is 23.1 Å². The molecule has 1 amide bonds. The number of methoxy groups -OCH3 is 1. The fourth-order valence-electron chi connectivity index (χ4n) is 2.15. The summed E-state index contributed by atoms with van der Waals surface area (Å²) in [5, 5.41) is 12.1. The molecule has 5 nitrogen and oxygen atoms in total. The van der Waals surface area contributed by atoms with Crippen LogP contribution in [0.2, 0.25) is 0 Å². The van der Waals surface area contributed by atoms with Crippen LogP contribution in [0.25, 0.3) is 0 Å². The molecular weight excluding hydrogens is 286 g/mol. The van der Waals surface area contributed by atoms with E-state index >= 15 is 0 Å². The number of nitrogens with zero attached hydrogens (tertiary/aromatic N) is 1. The molecule has 1 aromatic carbocycles. The van der Waals surface area contributed by atoms with E-state index in [9.17, 15) is 10.1 Å². The van der Waals surface area contributed by atoms with Crippen molar-refractivity contribution in [2.24, 2.45) is 5.92 Å². The lowest BCUT2D eigenvalue weighted by Crippen LogP contribution is -2.47. The second kappa shape index (κ2) is 6.27. The number of nitrogens with two attached hydrogens (primary N) is 1. The summed E-state index contributed by atoms with van der Waals surface area (Å²) in [6.07, 6.45) is 2.01. The molecule has 1 aliphatic rings. The van der Waals surface area contributed by atoms with Gasteiger partial charge in [-0.25, -0.2) is 0 Å². The van der Waals surface area contributed by atoms with Crippen LogP contribution in [-0.2, 0) is 4.79 Å². The van der Waals surface area contributed by atoms with Crippen molar-refractivity contribution in [2.75, 3.05) is 18.6 Å². The summed E-state index contributed by atoms with van der Waals surface area (Å²) in [7, 11) is 1.57. The van der Waals surface area contributed by atoms with Gasteiger partial charge in [0.25, 0.3) is 0 Å². The summed E-state index contributed by atoms with van der Waals surface area (Å²) in [4.78, 5) is 12.9. The SMILES string of the molecule is COc1cc(N)ccc1SCC(=O)NC(C)(C#N)C1CC1. The molecular formula is C15H19N3O2S. The summed E-state index contributed by atoms with van der Waals surface area (Å²) in [5.74, 6) is 1.03. The molecule has 0 saturated heterocycles. The van der Waals surface area contributed by atoms with E-state index in [1.165, 1.54) is 11.8 Å². The fraction of sp³-hybridized carbons (Fsp3) is 0.467. The van der Waals surface area contributed by atoms with Crippen LogP contribution in [0, 0.1) is 17.2 Å². The van der Waals surface area contributed by atoms with E-state index in [1.807, 2.05) is 6.07 Å². The van der Waals surface area contributed by atoms with E-state index in [1.54, 1.807) is 26.2 Å². The van der Waals surface area contributed by atoms with Crippen molar-refractivity contribution in [3.8, 4) is 11.8 Å². The van der Waals surface area contributed by atoms with Gasteiger partial charge in [0.2, 0.25) is 5.91 Å². The van der Waals surface area contributed by atoms with Crippen molar-refractivity contribution < 1.29 is 9.53 Å². The van der Waals surface area contributed by atoms with Gasteiger partial charge in [-0.2, -0.15) is 5.26 Å². The first kappa shape index (κ1) is 15.5. The van der Waals surface area contributed by atoms with Crippen molar-refractivity contribution in [1.82, 2.24) is 5.32 Å². The van der Waals surface area contributed by atoms with E-state index in [-0.39, 0.29) is 17.6 Å². The van der Waals surface area contributed by atoms with Crippen LogP contribution in [0.5, 0.6) is 5.75 Å². The fourth-order valence-corrected chi connectivity index (χ4v) is 2.96. The second-order valence-corrected chi connectivity index (χ2v) is 6.35. The van der Waals surface area contributed by atoms with Crippen LogP contribution in [0.4, 0.5) is 5.69 Å². The third-order valence-corrected chi connectivity index (χ3v) is 4.63. The maximum Gasteiger partial charge on any atom is 0.231 e. The molecule has 0 aliphatic heterocycles. The number of thioether (sulfide) groups is 1. The number of hydrogen-bond donors (Lipinski definition) is 2. The normalized spacial score (nSPS) is 16.6. The van der Waals surface area contributed by atoms with Gasteiger partial charge in [0.15, 0.2) is 0 Å². The Kier molecular flexibility index (Phi) is 4.63. The maximum atomic E-state index is 12.0. The van der Waals surface area contributed by atoms with Crippen LogP contribution >= 0.6 is 11.8 Å². The lowest BCUT2D eigenvalue weighted by Gasteiger charge is -2.22. The monoisotopic (exact) mass is 305 g/mol. The van der Waals surface area contributed by atoms with Crippen molar-refractivity contribution in [3.05, 3.63) is 18.2 Å². The van der Waals surface area contributed by atoms with Crippen LogP contribution < -0.4 is 15.8 Å². The number of nitrogen functional groups attached to an aromatic ring is 1. The van der Waals surface area contributed by atoms with Crippen LogP contribution in [0.1, 0.15) is 19.8 Å². The van der Waals surface area contributed by atoms with Crippen molar-refractivity contribution in [1.29, 1.82) is 5.26 Å². The number of rotatable bonds is 6. The molecule has 1 fully saturated rings. The predicted octanol–water partition coefficient (Wildman–Crippen LogP) is 2.18. The van der Waals surface area contributed by atoms with E-state index in [0.717, 1.165) is 17.7 Å². The topological polar surface area (TPSA) is 88.1 Å². The molecule has 1 aromatic rings. The Balaban J connectivity index is 1.94. The highest BCUT2D eigenvalue weighted by Gasteiger charge is 2.42. The molecule has 3 N–H and O–H groups in total. The highest BCUT2D eigenvalue weighted by Crippen LogP contribution is 2.39. The van der Waals surface area contributed by atoms with Crippen molar-refractivity contribution >= 4 is 23.4 Å². The largest absolute Gasteiger partial charge is 0.496 e. The number of nitriles is 1. The summed E-state index contributed by atoms with van der Waals surface area (Å²) in [5.41, 5.74) is 5.57. The minimum Gasteiger partial charge on any atom is -0.496 e. The Morgan fingerprint density at radius 2 is 2.33 bits per heavy atom. The maximum absolute atomic E-state index is 12.0. The second-order valence-electron chi connectivity index (χ2n) is 5.34. The average molecular weight is 305 g/mol. The molecule has 0 spiro atoms. The summed E-state index contributed by atoms with van der Waals surface area (Å²) in [6, 6.07) is 7.54. The lowest BCUT2D eigenvalue weighted by molar-refractivity contribution is -0.119. The smallest absolute Gasteiger partial charge is 0.231 e. The molecule has 1 atom stereocenters. The standard InChI is InChI=1S/C15H19N3O2S/c1-15(9-16,10-3-4-10)18-14(19)8-21-13-6-5-11(17)7-12(13)20-2/h5-7,10H,3-4,8,17H2,1-2H3,(H,18,19). The summed E-state index contributed by atoms with van der Waals surface area (Å²) in [6.45, 7) is 1.79. The van der Waals surface area contributed by atoms with Gasteiger partial charge in [-0.3, -0.25) is 4.79 Å². The Morgan fingerprint density at radius 3 is 2.90 bits per heavy atom. The van der Waals surface area contributed by atoms with Gasteiger partial charge in [-0.15, -0.1) is 11.8 Å². The van der Waals surface area contributed by atoms with Gasteiger partial charge in [-0.05, 0) is 37.8 Å². The number of carbonyl (C=O) groups is 1. The molecule has 1 aliphatic carbocycles. The quantitative estimate of drug-likeness (QED) is 0.621. The van der Waals surface area contributed by atoms with Gasteiger partial charge >= 0.3 is 0 Å². The molecule has 112 valence electrons. The Labute approximate surface area is 128 Å². The molecule has 6 heteroatoms. The highest BCUT2D eigenvalue weighted by molar-refractivity contribution is 8.00. The molecule has 0 bridgehead atoms. The first-order valence-corrected chi connectivity index (χ1v) is 7.75. The molecule has 0 heterocycles. The molecule has 21 heavy (non-hydrogen) atoms. The van der Waals surface area contributed by atoms with E-state index in [4.69, 9.17) is 10.5 Å². The van der Waals surface area contributed by atoms with Crippen LogP contribution in [0.3, 0.4) is 0 Å². The van der Waals surface area contributed by atoms with Gasteiger partial charge in [0.1, 0.15) is 11.3 Å². The van der Waals surface area contributed by atoms with E-state index in [0.29, 0.717) is 11.4 Å². The Bertz CT molecular complexity index is 581. The van der Waals surface area contributed by atoms with Crippen molar-refractivity contribution in [3.63, 3.8) is 0 Å². The average Bonchev–Trinajstić information content (AvgIpc) is 3.30. The number of anilines is 1. The zero-order chi connectivity index (χ0) is 15.5. The third-order valence-electron chi connectivity index (χ3n) is 3.57. The summed E-state index contributed by atoms with van der Waals surface area (Å²) < 4.78 is 5.24. The molecule has 2 rings (SSSR count). The zero-order valence-corrected chi connectivity index (χ0v) is 13.0. The van der Waals surface area contributed by atoms with Gasteiger partial charge in [0, 0.05) is 16.6 Å². The molecule has 1 saturated carbocycles. The molecule has 1 unspecified atom stereocenters. The molecule has 0 aromatic heterocycles. The summed E-state index contributed by atoms with van der Waals surface area (Å²) >= 11 is 1.37. The highest BCUT2D eigenvalue weighted by atomic mass is 32.2. The van der Waals surface area contributed by atoms with Gasteiger partial charge < -0.3 is 15.8 Å². The van der Waals surface area contributed by atoms with E-state index < -0.39 is 5.54 Å². The lowest BCUT2D eigenvalue weighted by atomic mass is 9.98. The molecule has 0 radical (unpaired) electrons. The Morgan fingerprint density at radius 1 is 1.62 bits per heavy atom. The number of amides is 1. The third kappa shape index (κ3) is 3.82. The zero-order valence-electron chi connectivity index (χ0n) is 12.2. The van der Waals surface area contributed by atoms with E-state index in [2.05, 4.69) is 11.4 Å². The number of benzene rings is 1. The van der Waals surface area contributed by atoms with Crippen molar-refractivity contribution in [2.45, 2.75) is 30.2 Å². The van der Waals surface area contributed by atoms with Gasteiger partial charge in [-0.1, -0.05) is 0 Å². The number of nitrogens with one attached hydrogen (secondary N) is 1. The number of hydrogen-bond acceptors (Lipinski definition) is 5. The minimum atomic E-state index is -0.747. The number of ether oxygens (including phenoxy) is 1. The first-order chi connectivity index (χ1) is 9.98. The first-order valence-electron chi connectivity index (χ1n) is 6.77.